The summed E-state index contributed by atoms with van der Waals surface area (Å²) in [6.45, 7) is 1.97. The van der Waals surface area contributed by atoms with Crippen LogP contribution in [-0.4, -0.2) is 64.3 Å². The van der Waals surface area contributed by atoms with Crippen LogP contribution in [0.4, 0.5) is 0 Å². The van der Waals surface area contributed by atoms with Crippen molar-refractivity contribution in [3.63, 3.8) is 0 Å². The van der Waals surface area contributed by atoms with Gasteiger partial charge in [-0.2, -0.15) is 0 Å². The van der Waals surface area contributed by atoms with Crippen molar-refractivity contribution in [2.45, 2.75) is 44.4 Å². The fourth-order valence-electron chi connectivity index (χ4n) is 1.84. The van der Waals surface area contributed by atoms with Crippen molar-refractivity contribution in [2.24, 2.45) is 0 Å². The van der Waals surface area contributed by atoms with Gasteiger partial charge in [-0.3, -0.25) is 9.59 Å². The third kappa shape index (κ3) is 3.39. The number of aliphatic hydroxyl groups is 3. The summed E-state index contributed by atoms with van der Waals surface area (Å²) in [5, 5.41) is 33.3. The van der Waals surface area contributed by atoms with Crippen LogP contribution < -0.4 is 10.6 Å². The largest absolute Gasteiger partial charge is 0.394 e. The lowest BCUT2D eigenvalue weighted by Gasteiger charge is -2.42. The van der Waals surface area contributed by atoms with Crippen LogP contribution in [0.5, 0.6) is 0 Å². The molecule has 2 amide bonds. The predicted octanol–water partition coefficient (Wildman–Crippen LogP) is -2.93. The van der Waals surface area contributed by atoms with E-state index in [1.807, 2.05) is 0 Å². The van der Waals surface area contributed by atoms with Crippen LogP contribution >= 0.6 is 0 Å². The fraction of sp³-hybridized carbons (Fsp3) is 0.800. The molecule has 0 radical (unpaired) electrons. The molecule has 1 rings (SSSR count). The average Bonchev–Trinajstić information content (AvgIpc) is 2.27. The SMILES string of the molecule is CC(=O)N[C@H]1[C@@H](O)[C@H](O)[C@@H](CO)O[C@H]1NC(C)=O. The molecular weight excluding hydrogens is 244 g/mol. The lowest BCUT2D eigenvalue weighted by Crippen LogP contribution is -2.67. The third-order valence-electron chi connectivity index (χ3n) is 2.64. The lowest BCUT2D eigenvalue weighted by molar-refractivity contribution is -0.203. The maximum absolute atomic E-state index is 11.0. The Labute approximate surface area is 104 Å². The maximum atomic E-state index is 11.0. The highest BCUT2D eigenvalue weighted by atomic mass is 16.5. The summed E-state index contributed by atoms with van der Waals surface area (Å²) in [6, 6.07) is -0.982. The molecule has 104 valence electrons. The molecule has 1 heterocycles. The first-order valence-corrected chi connectivity index (χ1v) is 5.53. The lowest BCUT2D eigenvalue weighted by atomic mass is 9.96. The Morgan fingerprint density at radius 2 is 1.67 bits per heavy atom. The molecule has 1 saturated heterocycles. The van der Waals surface area contributed by atoms with E-state index in [1.165, 1.54) is 13.8 Å². The first-order chi connectivity index (χ1) is 8.36. The molecule has 0 aromatic rings. The molecule has 8 heteroatoms. The highest BCUT2D eigenvalue weighted by Crippen LogP contribution is 2.19. The standard InChI is InChI=1S/C10H18N2O6/c1-4(14)11-7-9(17)8(16)6(3-13)18-10(7)12-5(2)15/h6-10,13,16-17H,3H2,1-2H3,(H,11,14)(H,12,15)/t6-,7+,8-,9-,10-/m1/s1. The van der Waals surface area contributed by atoms with Gasteiger partial charge in [0, 0.05) is 13.8 Å². The van der Waals surface area contributed by atoms with E-state index in [9.17, 15) is 19.8 Å². The number of aliphatic hydroxyl groups excluding tert-OH is 3. The maximum Gasteiger partial charge on any atom is 0.218 e. The number of carbonyl (C=O) groups excluding carboxylic acids is 2. The van der Waals surface area contributed by atoms with Gasteiger partial charge in [0.05, 0.1) is 6.61 Å². The van der Waals surface area contributed by atoms with Gasteiger partial charge in [0.2, 0.25) is 11.8 Å². The Morgan fingerprint density at radius 3 is 2.11 bits per heavy atom. The monoisotopic (exact) mass is 262 g/mol. The van der Waals surface area contributed by atoms with Crippen molar-refractivity contribution in [1.82, 2.24) is 10.6 Å². The summed E-state index contributed by atoms with van der Waals surface area (Å²) in [6.07, 6.45) is -4.74. The van der Waals surface area contributed by atoms with Gasteiger partial charge in [0.15, 0.2) is 6.23 Å². The van der Waals surface area contributed by atoms with E-state index < -0.39 is 49.0 Å². The number of hydrogen-bond donors (Lipinski definition) is 5. The van der Waals surface area contributed by atoms with Crippen LogP contribution in [0, 0.1) is 0 Å². The molecule has 0 aromatic carbocycles. The second-order valence-corrected chi connectivity index (χ2v) is 4.19. The van der Waals surface area contributed by atoms with Crippen LogP contribution in [0.15, 0.2) is 0 Å². The number of carbonyl (C=O) groups is 2. The minimum absolute atomic E-state index is 0.421. The van der Waals surface area contributed by atoms with E-state index >= 15 is 0 Å². The van der Waals surface area contributed by atoms with E-state index in [0.29, 0.717) is 0 Å². The van der Waals surface area contributed by atoms with Crippen LogP contribution in [0.1, 0.15) is 13.8 Å². The van der Waals surface area contributed by atoms with Crippen LogP contribution in [-0.2, 0) is 14.3 Å². The number of nitrogens with one attached hydrogen (secondary N) is 2. The van der Waals surface area contributed by atoms with Gasteiger partial charge < -0.3 is 30.7 Å². The highest BCUT2D eigenvalue weighted by molar-refractivity contribution is 5.74. The van der Waals surface area contributed by atoms with Crippen molar-refractivity contribution in [3.05, 3.63) is 0 Å². The van der Waals surface area contributed by atoms with Crippen molar-refractivity contribution in [3.8, 4) is 0 Å². The van der Waals surface area contributed by atoms with Crippen molar-refractivity contribution in [2.75, 3.05) is 6.61 Å². The number of hydrogen-bond acceptors (Lipinski definition) is 6. The van der Waals surface area contributed by atoms with Crippen molar-refractivity contribution in [1.29, 1.82) is 0 Å². The van der Waals surface area contributed by atoms with E-state index in [1.54, 1.807) is 0 Å². The molecule has 1 aliphatic heterocycles. The van der Waals surface area contributed by atoms with E-state index in [2.05, 4.69) is 10.6 Å². The van der Waals surface area contributed by atoms with Crippen LogP contribution in [0.3, 0.4) is 0 Å². The Bertz CT molecular complexity index is 323. The van der Waals surface area contributed by atoms with Crippen molar-refractivity contribution >= 4 is 11.8 Å². The topological polar surface area (TPSA) is 128 Å². The normalized spacial score (nSPS) is 35.9. The highest BCUT2D eigenvalue weighted by Gasteiger charge is 2.44. The summed E-state index contributed by atoms with van der Waals surface area (Å²) in [4.78, 5) is 22.0. The molecule has 0 bridgehead atoms. The summed E-state index contributed by atoms with van der Waals surface area (Å²) < 4.78 is 5.24. The molecular formula is C10H18N2O6. The quantitative estimate of drug-likeness (QED) is 0.370. The zero-order valence-electron chi connectivity index (χ0n) is 10.2. The van der Waals surface area contributed by atoms with Gasteiger partial charge in [-0.25, -0.2) is 0 Å². The number of ether oxygens (including phenoxy) is 1. The summed E-state index contributed by atoms with van der Waals surface area (Å²) in [7, 11) is 0. The Hall–Kier alpha value is -1.22. The molecule has 0 aliphatic carbocycles. The van der Waals surface area contributed by atoms with E-state index in [-0.39, 0.29) is 0 Å². The molecule has 0 saturated carbocycles. The van der Waals surface area contributed by atoms with Crippen LogP contribution in [0.2, 0.25) is 0 Å². The molecule has 1 aliphatic rings. The Kier molecular flexibility index (Phi) is 5.03. The zero-order chi connectivity index (χ0) is 13.9. The Morgan fingerprint density at radius 1 is 1.11 bits per heavy atom. The second kappa shape index (κ2) is 6.10. The third-order valence-corrected chi connectivity index (χ3v) is 2.64. The zero-order valence-corrected chi connectivity index (χ0v) is 10.2. The minimum Gasteiger partial charge on any atom is -0.394 e. The van der Waals surface area contributed by atoms with E-state index in [4.69, 9.17) is 9.84 Å². The molecule has 5 atom stereocenters. The number of rotatable bonds is 3. The average molecular weight is 262 g/mol. The summed E-state index contributed by atoms with van der Waals surface area (Å²) >= 11 is 0. The molecule has 0 spiro atoms. The molecule has 0 unspecified atom stereocenters. The first-order valence-electron chi connectivity index (χ1n) is 5.53. The smallest absolute Gasteiger partial charge is 0.218 e. The van der Waals surface area contributed by atoms with Crippen molar-refractivity contribution < 1.29 is 29.6 Å². The molecule has 8 nitrogen and oxygen atoms in total. The molecule has 0 aromatic heterocycles. The van der Waals surface area contributed by atoms with Gasteiger partial charge in [-0.1, -0.05) is 0 Å². The predicted molar refractivity (Wildman–Crippen MR) is 59.2 cm³/mol. The minimum atomic E-state index is -1.35. The fourth-order valence-corrected chi connectivity index (χ4v) is 1.84. The summed E-state index contributed by atoms with van der Waals surface area (Å²) in [5.41, 5.74) is 0. The summed E-state index contributed by atoms with van der Waals surface area (Å²) in [5.74, 6) is -0.858. The van der Waals surface area contributed by atoms with Gasteiger partial charge in [0.1, 0.15) is 24.4 Å². The first kappa shape index (κ1) is 14.8. The molecule has 5 N–H and O–H groups in total. The Balaban J connectivity index is 2.86. The van der Waals surface area contributed by atoms with Gasteiger partial charge >= 0.3 is 0 Å². The van der Waals surface area contributed by atoms with Gasteiger partial charge in [-0.15, -0.1) is 0 Å². The van der Waals surface area contributed by atoms with E-state index in [0.717, 1.165) is 0 Å². The van der Waals surface area contributed by atoms with Gasteiger partial charge in [0.25, 0.3) is 0 Å². The van der Waals surface area contributed by atoms with Crippen LogP contribution in [0.25, 0.3) is 0 Å². The number of amides is 2. The molecule has 1 fully saturated rings. The van der Waals surface area contributed by atoms with Gasteiger partial charge in [-0.05, 0) is 0 Å². The molecule has 18 heavy (non-hydrogen) atoms. The second-order valence-electron chi connectivity index (χ2n) is 4.19.